The zero-order valence-corrected chi connectivity index (χ0v) is 9.37. The van der Waals surface area contributed by atoms with E-state index in [1.54, 1.807) is 25.1 Å². The monoisotopic (exact) mass is 229 g/mol. The van der Waals surface area contributed by atoms with E-state index in [1.807, 2.05) is 0 Å². The van der Waals surface area contributed by atoms with Crippen LogP contribution in [0.2, 0.25) is 0 Å². The molecule has 0 aliphatic carbocycles. The summed E-state index contributed by atoms with van der Waals surface area (Å²) in [6, 6.07) is 8.16. The highest BCUT2D eigenvalue weighted by atomic mass is 32.2. The van der Waals surface area contributed by atoms with Gasteiger partial charge in [0.1, 0.15) is 0 Å². The molecule has 0 aliphatic rings. The molecular weight excluding hydrogens is 214 g/mol. The minimum Gasteiger partial charge on any atom is -0.393 e. The minimum atomic E-state index is -3.42. The number of aliphatic hydroxyl groups is 1. The van der Waals surface area contributed by atoms with E-state index in [2.05, 4.69) is 4.72 Å². The standard InChI is InChI=1S/C10H15NO3S/c1-9(12)7-8-11-15(13,14)10-5-3-2-4-6-10/h2-6,9,11-12H,7-8H2,1H3. The quantitative estimate of drug-likeness (QED) is 0.782. The number of hydrogen-bond acceptors (Lipinski definition) is 3. The molecule has 0 radical (unpaired) electrons. The Balaban J connectivity index is 2.61. The van der Waals surface area contributed by atoms with Crippen LogP contribution in [0, 0.1) is 0 Å². The van der Waals surface area contributed by atoms with Crippen LogP contribution < -0.4 is 4.72 Å². The van der Waals surface area contributed by atoms with Crippen LogP contribution in [0.1, 0.15) is 13.3 Å². The molecule has 1 aromatic rings. The van der Waals surface area contributed by atoms with E-state index in [4.69, 9.17) is 5.11 Å². The van der Waals surface area contributed by atoms with Crippen LogP contribution in [-0.2, 0) is 10.0 Å². The molecule has 4 nitrogen and oxygen atoms in total. The summed E-state index contributed by atoms with van der Waals surface area (Å²) < 4.78 is 25.7. The van der Waals surface area contributed by atoms with Crippen molar-refractivity contribution in [2.75, 3.05) is 6.54 Å². The highest BCUT2D eigenvalue weighted by Gasteiger charge is 2.12. The fraction of sp³-hybridized carbons (Fsp3) is 0.400. The maximum atomic E-state index is 11.6. The first-order valence-corrected chi connectivity index (χ1v) is 6.23. The zero-order chi connectivity index (χ0) is 11.3. The second kappa shape index (κ2) is 5.25. The van der Waals surface area contributed by atoms with E-state index in [-0.39, 0.29) is 11.4 Å². The third-order valence-electron chi connectivity index (χ3n) is 1.91. The molecule has 0 aliphatic heterocycles. The van der Waals surface area contributed by atoms with E-state index < -0.39 is 16.1 Å². The second-order valence-electron chi connectivity index (χ2n) is 3.35. The highest BCUT2D eigenvalue weighted by molar-refractivity contribution is 7.89. The topological polar surface area (TPSA) is 66.4 Å². The van der Waals surface area contributed by atoms with Crippen molar-refractivity contribution in [1.82, 2.24) is 4.72 Å². The molecule has 1 aromatic carbocycles. The highest BCUT2D eigenvalue weighted by Crippen LogP contribution is 2.06. The fourth-order valence-corrected chi connectivity index (χ4v) is 2.15. The van der Waals surface area contributed by atoms with Crippen molar-refractivity contribution in [2.45, 2.75) is 24.3 Å². The van der Waals surface area contributed by atoms with Gasteiger partial charge in [-0.25, -0.2) is 13.1 Å². The average Bonchev–Trinajstić information content (AvgIpc) is 2.18. The lowest BCUT2D eigenvalue weighted by atomic mass is 10.3. The third-order valence-corrected chi connectivity index (χ3v) is 3.38. The summed E-state index contributed by atoms with van der Waals surface area (Å²) in [4.78, 5) is 0.246. The van der Waals surface area contributed by atoms with Crippen LogP contribution in [0.3, 0.4) is 0 Å². The first kappa shape index (κ1) is 12.2. The Hall–Kier alpha value is -0.910. The van der Waals surface area contributed by atoms with Gasteiger partial charge in [0.2, 0.25) is 10.0 Å². The second-order valence-corrected chi connectivity index (χ2v) is 5.12. The Labute approximate surface area is 90.0 Å². The number of sulfonamides is 1. The van der Waals surface area contributed by atoms with Crippen molar-refractivity contribution in [3.63, 3.8) is 0 Å². The number of hydrogen-bond donors (Lipinski definition) is 2. The molecule has 15 heavy (non-hydrogen) atoms. The molecule has 84 valence electrons. The van der Waals surface area contributed by atoms with Crippen LogP contribution in [0.5, 0.6) is 0 Å². The lowest BCUT2D eigenvalue weighted by molar-refractivity contribution is 0.186. The predicted molar refractivity (Wildman–Crippen MR) is 57.9 cm³/mol. The molecule has 0 saturated carbocycles. The molecule has 0 amide bonds. The van der Waals surface area contributed by atoms with Crippen molar-refractivity contribution in [3.05, 3.63) is 30.3 Å². The van der Waals surface area contributed by atoms with E-state index in [1.165, 1.54) is 12.1 Å². The van der Waals surface area contributed by atoms with Gasteiger partial charge in [0.25, 0.3) is 0 Å². The first-order chi connectivity index (χ1) is 7.02. The molecule has 1 atom stereocenters. The van der Waals surface area contributed by atoms with Gasteiger partial charge in [-0.15, -0.1) is 0 Å². The van der Waals surface area contributed by atoms with Crippen LogP contribution in [0.25, 0.3) is 0 Å². The van der Waals surface area contributed by atoms with E-state index in [0.29, 0.717) is 6.42 Å². The van der Waals surface area contributed by atoms with Gasteiger partial charge in [-0.1, -0.05) is 18.2 Å². The van der Waals surface area contributed by atoms with Gasteiger partial charge in [-0.05, 0) is 25.5 Å². The fourth-order valence-electron chi connectivity index (χ4n) is 1.09. The first-order valence-electron chi connectivity index (χ1n) is 4.75. The molecule has 1 unspecified atom stereocenters. The SMILES string of the molecule is CC(O)CCNS(=O)(=O)c1ccccc1. The third kappa shape index (κ3) is 3.99. The Morgan fingerprint density at radius 1 is 1.33 bits per heavy atom. The molecule has 1 rings (SSSR count). The summed E-state index contributed by atoms with van der Waals surface area (Å²) in [6.45, 7) is 1.87. The molecule has 2 N–H and O–H groups in total. The summed E-state index contributed by atoms with van der Waals surface area (Å²) in [6.07, 6.45) is -0.0880. The maximum Gasteiger partial charge on any atom is 0.240 e. The lowest BCUT2D eigenvalue weighted by Gasteiger charge is -2.07. The molecule has 0 spiro atoms. The number of aliphatic hydroxyl groups excluding tert-OH is 1. The zero-order valence-electron chi connectivity index (χ0n) is 8.55. The predicted octanol–water partition coefficient (Wildman–Crippen LogP) is 0.736. The van der Waals surface area contributed by atoms with Gasteiger partial charge in [0.15, 0.2) is 0 Å². The summed E-state index contributed by atoms with van der Waals surface area (Å²) in [5.74, 6) is 0. The molecule has 0 fully saturated rings. The Bertz CT molecular complexity index is 386. The van der Waals surface area contributed by atoms with Gasteiger partial charge in [0.05, 0.1) is 11.0 Å². The van der Waals surface area contributed by atoms with Crippen LogP contribution in [0.15, 0.2) is 35.2 Å². The molecule has 0 saturated heterocycles. The van der Waals surface area contributed by atoms with E-state index in [9.17, 15) is 8.42 Å². The van der Waals surface area contributed by atoms with Crippen molar-refractivity contribution in [1.29, 1.82) is 0 Å². The number of rotatable bonds is 5. The van der Waals surface area contributed by atoms with Crippen LogP contribution >= 0.6 is 0 Å². The van der Waals surface area contributed by atoms with Gasteiger partial charge in [-0.3, -0.25) is 0 Å². The molecule has 0 bridgehead atoms. The van der Waals surface area contributed by atoms with E-state index in [0.717, 1.165) is 0 Å². The largest absolute Gasteiger partial charge is 0.393 e. The van der Waals surface area contributed by atoms with Gasteiger partial charge >= 0.3 is 0 Å². The maximum absolute atomic E-state index is 11.6. The van der Waals surface area contributed by atoms with Crippen molar-refractivity contribution in [3.8, 4) is 0 Å². The summed E-state index contributed by atoms with van der Waals surface area (Å²) in [5, 5.41) is 8.98. The van der Waals surface area contributed by atoms with Crippen LogP contribution in [-0.4, -0.2) is 26.2 Å². The summed E-state index contributed by atoms with van der Waals surface area (Å²) in [7, 11) is -3.42. The Morgan fingerprint density at radius 2 is 1.93 bits per heavy atom. The number of benzene rings is 1. The number of nitrogens with one attached hydrogen (secondary N) is 1. The average molecular weight is 229 g/mol. The molecule has 0 heterocycles. The Morgan fingerprint density at radius 3 is 2.47 bits per heavy atom. The van der Waals surface area contributed by atoms with Gasteiger partial charge < -0.3 is 5.11 Å². The van der Waals surface area contributed by atoms with Crippen molar-refractivity contribution in [2.24, 2.45) is 0 Å². The molecular formula is C10H15NO3S. The van der Waals surface area contributed by atoms with Crippen LogP contribution in [0.4, 0.5) is 0 Å². The summed E-state index contributed by atoms with van der Waals surface area (Å²) >= 11 is 0. The normalized spacial score (nSPS) is 13.7. The lowest BCUT2D eigenvalue weighted by Crippen LogP contribution is -2.26. The molecule has 5 heteroatoms. The van der Waals surface area contributed by atoms with Gasteiger partial charge in [0, 0.05) is 6.54 Å². The minimum absolute atomic E-state index is 0.245. The van der Waals surface area contributed by atoms with Crippen molar-refractivity contribution < 1.29 is 13.5 Å². The van der Waals surface area contributed by atoms with Crippen molar-refractivity contribution >= 4 is 10.0 Å². The Kier molecular flexibility index (Phi) is 4.26. The molecule has 0 aromatic heterocycles. The summed E-state index contributed by atoms with van der Waals surface area (Å²) in [5.41, 5.74) is 0. The van der Waals surface area contributed by atoms with E-state index >= 15 is 0 Å². The van der Waals surface area contributed by atoms with Gasteiger partial charge in [-0.2, -0.15) is 0 Å². The smallest absolute Gasteiger partial charge is 0.240 e.